The highest BCUT2D eigenvalue weighted by Gasteiger charge is 2.31. The molecular formula is C12H25N3O2S2. The van der Waals surface area contributed by atoms with E-state index in [4.69, 9.17) is 5.73 Å². The highest BCUT2D eigenvalue weighted by Crippen LogP contribution is 2.20. The summed E-state index contributed by atoms with van der Waals surface area (Å²) in [5.74, 6) is 1.75. The van der Waals surface area contributed by atoms with Crippen molar-refractivity contribution in [3.8, 4) is 0 Å². The van der Waals surface area contributed by atoms with Crippen molar-refractivity contribution in [2.45, 2.75) is 24.3 Å². The Morgan fingerprint density at radius 1 is 1.21 bits per heavy atom. The molecule has 0 radical (unpaired) electrons. The molecule has 19 heavy (non-hydrogen) atoms. The second kappa shape index (κ2) is 6.76. The smallest absolute Gasteiger partial charge is 0.164 e. The minimum Gasteiger partial charge on any atom is -0.328 e. The van der Waals surface area contributed by atoms with Crippen molar-refractivity contribution >= 4 is 21.6 Å². The molecule has 2 saturated heterocycles. The molecule has 1 unspecified atom stereocenters. The number of hydrogen-bond acceptors (Lipinski definition) is 6. The van der Waals surface area contributed by atoms with Crippen LogP contribution in [-0.2, 0) is 9.84 Å². The molecule has 0 aliphatic carbocycles. The third-order valence-corrected chi connectivity index (χ3v) is 6.71. The lowest BCUT2D eigenvalue weighted by atomic mass is 10.1. The van der Waals surface area contributed by atoms with E-state index in [1.165, 1.54) is 6.26 Å². The molecule has 2 fully saturated rings. The van der Waals surface area contributed by atoms with Gasteiger partial charge in [0.1, 0.15) is 5.37 Å². The first-order valence-corrected chi connectivity index (χ1v) is 10.1. The van der Waals surface area contributed by atoms with E-state index in [0.29, 0.717) is 11.8 Å². The molecule has 2 rings (SSSR count). The van der Waals surface area contributed by atoms with E-state index in [0.717, 1.165) is 51.3 Å². The van der Waals surface area contributed by atoms with Gasteiger partial charge in [-0.15, -0.1) is 0 Å². The van der Waals surface area contributed by atoms with Crippen molar-refractivity contribution in [1.29, 1.82) is 0 Å². The summed E-state index contributed by atoms with van der Waals surface area (Å²) in [6, 6.07) is 0.353. The molecule has 2 aliphatic heterocycles. The van der Waals surface area contributed by atoms with Gasteiger partial charge in [0.2, 0.25) is 0 Å². The van der Waals surface area contributed by atoms with E-state index >= 15 is 0 Å². The molecule has 0 amide bonds. The van der Waals surface area contributed by atoms with Gasteiger partial charge < -0.3 is 10.6 Å². The van der Waals surface area contributed by atoms with Crippen LogP contribution in [0.3, 0.4) is 0 Å². The summed E-state index contributed by atoms with van der Waals surface area (Å²) in [7, 11) is -2.97. The molecule has 7 heteroatoms. The number of nitrogens with two attached hydrogens (primary N) is 1. The molecule has 0 spiro atoms. The minimum atomic E-state index is -2.97. The predicted molar refractivity (Wildman–Crippen MR) is 81.2 cm³/mol. The summed E-state index contributed by atoms with van der Waals surface area (Å²) in [6.07, 6.45) is 3.48. The van der Waals surface area contributed by atoms with Crippen molar-refractivity contribution in [2.24, 2.45) is 5.73 Å². The van der Waals surface area contributed by atoms with E-state index in [9.17, 15) is 8.42 Å². The summed E-state index contributed by atoms with van der Waals surface area (Å²) < 4.78 is 23.6. The van der Waals surface area contributed by atoms with Crippen LogP contribution in [0.25, 0.3) is 0 Å². The van der Waals surface area contributed by atoms with Gasteiger partial charge in [0.05, 0.1) is 0 Å². The Morgan fingerprint density at radius 2 is 1.89 bits per heavy atom. The summed E-state index contributed by atoms with van der Waals surface area (Å²) in [5, 5.41) is -0.293. The van der Waals surface area contributed by atoms with Gasteiger partial charge in [-0.25, -0.2) is 8.42 Å². The fraction of sp³-hybridized carbons (Fsp3) is 1.00. The van der Waals surface area contributed by atoms with E-state index in [-0.39, 0.29) is 5.37 Å². The van der Waals surface area contributed by atoms with Gasteiger partial charge in [-0.2, -0.15) is 11.8 Å². The highest BCUT2D eigenvalue weighted by atomic mass is 32.2. The molecule has 5 nitrogen and oxygen atoms in total. The number of piperidine rings is 1. The molecule has 112 valence electrons. The lowest BCUT2D eigenvalue weighted by Crippen LogP contribution is -2.50. The Balaban J connectivity index is 1.83. The number of hydrogen-bond donors (Lipinski definition) is 1. The quantitative estimate of drug-likeness (QED) is 0.778. The maximum atomic E-state index is 11.8. The zero-order chi connectivity index (χ0) is 13.9. The fourth-order valence-corrected chi connectivity index (χ4v) is 5.68. The molecule has 0 aromatic rings. The third-order valence-electron chi connectivity index (χ3n) is 4.02. The average Bonchev–Trinajstić information content (AvgIpc) is 2.37. The number of nitrogens with zero attached hydrogens (tertiary/aromatic N) is 2. The number of likely N-dealkylation sites (tertiary alicyclic amines) is 1. The normalized spacial score (nSPS) is 28.6. The van der Waals surface area contributed by atoms with Crippen LogP contribution in [0.1, 0.15) is 12.8 Å². The first-order valence-electron chi connectivity index (χ1n) is 6.95. The zero-order valence-corrected chi connectivity index (χ0v) is 13.3. The second-order valence-electron chi connectivity index (χ2n) is 5.57. The van der Waals surface area contributed by atoms with Crippen molar-refractivity contribution in [2.75, 3.05) is 50.5 Å². The van der Waals surface area contributed by atoms with Crippen LogP contribution in [-0.4, -0.2) is 80.1 Å². The van der Waals surface area contributed by atoms with Crippen LogP contribution in [0.4, 0.5) is 0 Å². The predicted octanol–water partition coefficient (Wildman–Crippen LogP) is -0.171. The summed E-state index contributed by atoms with van der Waals surface area (Å²) in [4.78, 5) is 4.55. The molecular weight excluding hydrogens is 282 g/mol. The van der Waals surface area contributed by atoms with Gasteiger partial charge in [-0.05, 0) is 25.9 Å². The van der Waals surface area contributed by atoms with Crippen molar-refractivity contribution in [3.05, 3.63) is 0 Å². The van der Waals surface area contributed by atoms with Gasteiger partial charge in [-0.3, -0.25) is 4.90 Å². The molecule has 0 bridgehead atoms. The first kappa shape index (κ1) is 15.6. The third kappa shape index (κ3) is 4.60. The van der Waals surface area contributed by atoms with Gasteiger partial charge in [-0.1, -0.05) is 0 Å². The van der Waals surface area contributed by atoms with E-state index < -0.39 is 9.84 Å². The van der Waals surface area contributed by atoms with Crippen LogP contribution < -0.4 is 5.73 Å². The standard InChI is InChI=1S/C12H25N3O2S2/c1-19(16,17)12-10-18-9-8-15(12)7-6-14-4-2-11(13)3-5-14/h11-12H,2-10,13H2,1H3. The molecule has 2 N–H and O–H groups in total. The summed E-state index contributed by atoms with van der Waals surface area (Å²) in [6.45, 7) is 4.80. The Bertz CT molecular complexity index is 380. The van der Waals surface area contributed by atoms with Gasteiger partial charge in [0.15, 0.2) is 9.84 Å². The van der Waals surface area contributed by atoms with Crippen molar-refractivity contribution in [3.63, 3.8) is 0 Å². The maximum absolute atomic E-state index is 11.8. The van der Waals surface area contributed by atoms with Crippen molar-refractivity contribution in [1.82, 2.24) is 9.80 Å². The van der Waals surface area contributed by atoms with Crippen LogP contribution in [0.2, 0.25) is 0 Å². The van der Waals surface area contributed by atoms with E-state index in [1.807, 2.05) is 0 Å². The van der Waals surface area contributed by atoms with Gasteiger partial charge >= 0.3 is 0 Å². The van der Waals surface area contributed by atoms with Crippen molar-refractivity contribution < 1.29 is 8.42 Å². The Hall–Kier alpha value is 0.180. The Kier molecular flexibility index (Phi) is 5.54. The lowest BCUT2D eigenvalue weighted by Gasteiger charge is -2.37. The van der Waals surface area contributed by atoms with Crippen LogP contribution in [0.5, 0.6) is 0 Å². The lowest BCUT2D eigenvalue weighted by molar-refractivity contribution is 0.171. The largest absolute Gasteiger partial charge is 0.328 e. The molecule has 1 atom stereocenters. The molecule has 0 aromatic heterocycles. The molecule has 0 saturated carbocycles. The molecule has 2 aliphatic rings. The fourth-order valence-electron chi connectivity index (χ4n) is 2.71. The maximum Gasteiger partial charge on any atom is 0.164 e. The highest BCUT2D eigenvalue weighted by molar-refractivity contribution is 8.00. The Morgan fingerprint density at radius 3 is 2.53 bits per heavy atom. The second-order valence-corrected chi connectivity index (χ2v) is 8.93. The summed E-state index contributed by atoms with van der Waals surface area (Å²) in [5.41, 5.74) is 5.90. The topological polar surface area (TPSA) is 66.6 Å². The SMILES string of the molecule is CS(=O)(=O)C1CSCCN1CCN1CCC(N)CC1. The molecule has 2 heterocycles. The zero-order valence-electron chi connectivity index (χ0n) is 11.6. The Labute approximate surface area is 120 Å². The van der Waals surface area contributed by atoms with E-state index in [2.05, 4.69) is 9.80 Å². The summed E-state index contributed by atoms with van der Waals surface area (Å²) >= 11 is 1.74. The van der Waals surface area contributed by atoms with Gasteiger partial charge in [0.25, 0.3) is 0 Å². The van der Waals surface area contributed by atoms with Crippen LogP contribution >= 0.6 is 11.8 Å². The van der Waals surface area contributed by atoms with E-state index in [1.54, 1.807) is 11.8 Å². The monoisotopic (exact) mass is 307 g/mol. The van der Waals surface area contributed by atoms with Crippen LogP contribution in [0.15, 0.2) is 0 Å². The van der Waals surface area contributed by atoms with Gasteiger partial charge in [0, 0.05) is 43.4 Å². The number of rotatable bonds is 4. The van der Waals surface area contributed by atoms with Crippen LogP contribution in [0, 0.1) is 0 Å². The number of sulfone groups is 1. The first-order chi connectivity index (χ1) is 8.97. The minimum absolute atomic E-state index is 0.293. The molecule has 0 aromatic carbocycles. The average molecular weight is 307 g/mol. The number of thioether (sulfide) groups is 1.